The van der Waals surface area contributed by atoms with Crippen LogP contribution in [-0.4, -0.2) is 21.4 Å². The largest absolute Gasteiger partial charge is 0.316 e. The molecule has 1 heterocycles. The Bertz CT molecular complexity index is 1150. The van der Waals surface area contributed by atoms with Crippen molar-refractivity contribution in [2.24, 2.45) is 0 Å². The maximum Gasteiger partial charge on any atom is 0.316 e. The fraction of sp³-hybridized carbons (Fsp3) is 0.111. The van der Waals surface area contributed by atoms with Crippen molar-refractivity contribution < 1.29 is 9.59 Å². The molecule has 9 heteroatoms. The van der Waals surface area contributed by atoms with Crippen molar-refractivity contribution in [3.63, 3.8) is 0 Å². The highest BCUT2D eigenvalue weighted by molar-refractivity contribution is 6.30. The van der Waals surface area contributed by atoms with E-state index in [4.69, 9.17) is 11.6 Å². The van der Waals surface area contributed by atoms with E-state index in [-0.39, 0.29) is 5.56 Å². The van der Waals surface area contributed by atoms with Crippen molar-refractivity contribution in [2.75, 3.05) is 0 Å². The van der Waals surface area contributed by atoms with Crippen molar-refractivity contribution in [1.29, 1.82) is 0 Å². The summed E-state index contributed by atoms with van der Waals surface area (Å²) in [5.41, 5.74) is 4.56. The van der Waals surface area contributed by atoms with Crippen molar-refractivity contribution in [1.82, 2.24) is 20.4 Å². The number of amides is 2. The van der Waals surface area contributed by atoms with Crippen molar-refractivity contribution >= 4 is 34.4 Å². The number of hydrogen-bond donors (Lipinski definition) is 3. The van der Waals surface area contributed by atoms with Gasteiger partial charge in [0.2, 0.25) is 0 Å². The highest BCUT2D eigenvalue weighted by atomic mass is 35.5. The van der Waals surface area contributed by atoms with E-state index >= 15 is 0 Å². The maximum atomic E-state index is 12.3. The lowest BCUT2D eigenvalue weighted by Gasteiger charge is -2.10. The van der Waals surface area contributed by atoms with E-state index in [0.29, 0.717) is 28.2 Å². The van der Waals surface area contributed by atoms with Crippen LogP contribution in [0.1, 0.15) is 27.6 Å². The molecule has 8 nitrogen and oxygen atoms in total. The molecule has 0 aliphatic heterocycles. The first-order valence-corrected chi connectivity index (χ1v) is 8.41. The molecule has 0 saturated heterocycles. The van der Waals surface area contributed by atoms with E-state index in [9.17, 15) is 19.2 Å². The van der Waals surface area contributed by atoms with E-state index in [1.165, 1.54) is 28.8 Å². The van der Waals surface area contributed by atoms with Gasteiger partial charge in [-0.2, -0.15) is 0 Å². The molecule has 0 unspecified atom stereocenters. The molecule has 0 bridgehead atoms. The minimum absolute atomic E-state index is 0.204. The number of aromatic amines is 1. The van der Waals surface area contributed by atoms with Crippen LogP contribution in [0.25, 0.3) is 11.0 Å². The summed E-state index contributed by atoms with van der Waals surface area (Å²) in [5.74, 6) is -1.08. The predicted molar refractivity (Wildman–Crippen MR) is 101 cm³/mol. The Morgan fingerprint density at radius 1 is 1.00 bits per heavy atom. The number of hydrazine groups is 1. The number of carbonyl (C=O) groups is 2. The van der Waals surface area contributed by atoms with Gasteiger partial charge in [0.1, 0.15) is 0 Å². The van der Waals surface area contributed by atoms with Gasteiger partial charge in [-0.05, 0) is 49.4 Å². The SMILES string of the molecule is CCn1c(=O)c(=O)[nH]c2cc(C(=O)NNC(=O)c3ccc(Cl)cc3)ccc21. The third-order valence-corrected chi connectivity index (χ3v) is 4.20. The Hall–Kier alpha value is -3.39. The minimum atomic E-state index is -0.766. The zero-order chi connectivity index (χ0) is 19.6. The predicted octanol–water partition coefficient (Wildman–Crippen LogP) is 1.44. The highest BCUT2D eigenvalue weighted by Gasteiger charge is 2.12. The molecule has 1 aromatic heterocycles. The lowest BCUT2D eigenvalue weighted by atomic mass is 10.2. The van der Waals surface area contributed by atoms with Gasteiger partial charge in [-0.15, -0.1) is 0 Å². The molecule has 2 amide bonds. The Morgan fingerprint density at radius 3 is 2.22 bits per heavy atom. The average molecular weight is 387 g/mol. The number of halogens is 1. The summed E-state index contributed by atoms with van der Waals surface area (Å²) in [6.45, 7) is 2.06. The number of rotatable bonds is 3. The summed E-state index contributed by atoms with van der Waals surface area (Å²) in [6.07, 6.45) is 0. The highest BCUT2D eigenvalue weighted by Crippen LogP contribution is 2.12. The van der Waals surface area contributed by atoms with Crippen molar-refractivity contribution in [3.05, 3.63) is 79.3 Å². The van der Waals surface area contributed by atoms with E-state index < -0.39 is 22.9 Å². The molecule has 0 atom stereocenters. The van der Waals surface area contributed by atoms with Gasteiger partial charge in [-0.3, -0.25) is 30.0 Å². The molecule has 2 aromatic carbocycles. The first-order chi connectivity index (χ1) is 12.9. The fourth-order valence-electron chi connectivity index (χ4n) is 2.59. The third kappa shape index (κ3) is 3.75. The Kier molecular flexibility index (Phi) is 5.09. The number of carbonyl (C=O) groups excluding carboxylic acids is 2. The average Bonchev–Trinajstić information content (AvgIpc) is 2.67. The lowest BCUT2D eigenvalue weighted by molar-refractivity contribution is 0.0847. The van der Waals surface area contributed by atoms with E-state index in [1.807, 2.05) is 0 Å². The second-order valence-electron chi connectivity index (χ2n) is 5.65. The van der Waals surface area contributed by atoms with Crippen LogP contribution in [0.15, 0.2) is 52.1 Å². The van der Waals surface area contributed by atoms with Crippen molar-refractivity contribution in [2.45, 2.75) is 13.5 Å². The van der Waals surface area contributed by atoms with Crippen LogP contribution in [0.3, 0.4) is 0 Å². The zero-order valence-corrected chi connectivity index (χ0v) is 15.0. The van der Waals surface area contributed by atoms with Gasteiger partial charge in [0, 0.05) is 22.7 Å². The van der Waals surface area contributed by atoms with Crippen LogP contribution in [-0.2, 0) is 6.54 Å². The van der Waals surface area contributed by atoms with Gasteiger partial charge in [-0.1, -0.05) is 11.6 Å². The molecule has 138 valence electrons. The van der Waals surface area contributed by atoms with E-state index in [1.54, 1.807) is 25.1 Å². The number of hydrogen-bond acceptors (Lipinski definition) is 4. The van der Waals surface area contributed by atoms with E-state index in [0.717, 1.165) is 0 Å². The van der Waals surface area contributed by atoms with Gasteiger partial charge in [0.15, 0.2) is 0 Å². The van der Waals surface area contributed by atoms with Crippen molar-refractivity contribution in [3.8, 4) is 0 Å². The Labute approximate surface area is 157 Å². The lowest BCUT2D eigenvalue weighted by Crippen LogP contribution is -2.41. The summed E-state index contributed by atoms with van der Waals surface area (Å²) < 4.78 is 1.32. The van der Waals surface area contributed by atoms with Crippen LogP contribution in [0.5, 0.6) is 0 Å². The molecule has 3 aromatic rings. The molecule has 3 N–H and O–H groups in total. The molecule has 0 saturated carbocycles. The van der Waals surface area contributed by atoms with Gasteiger partial charge in [0.05, 0.1) is 11.0 Å². The molecule has 0 fully saturated rings. The topological polar surface area (TPSA) is 113 Å². The summed E-state index contributed by atoms with van der Waals surface area (Å²) in [7, 11) is 0. The molecular formula is C18H15ClN4O4. The van der Waals surface area contributed by atoms with Crippen LogP contribution in [0, 0.1) is 0 Å². The number of nitrogens with zero attached hydrogens (tertiary/aromatic N) is 1. The number of H-pyrrole nitrogens is 1. The van der Waals surface area contributed by atoms with Gasteiger partial charge >= 0.3 is 11.1 Å². The number of aryl methyl sites for hydroxylation is 1. The van der Waals surface area contributed by atoms with Crippen LogP contribution in [0.4, 0.5) is 0 Å². The molecule has 0 spiro atoms. The minimum Gasteiger partial charge on any atom is -0.316 e. The number of fused-ring (bicyclic) bond motifs is 1. The standard InChI is InChI=1S/C18H15ClN4O4/c1-2-23-14-8-5-11(9-13(14)20-17(26)18(23)27)16(25)22-21-15(24)10-3-6-12(19)7-4-10/h3-9H,2H2,1H3,(H,20,26)(H,21,24)(H,22,25). The number of benzene rings is 2. The molecule has 27 heavy (non-hydrogen) atoms. The molecule has 0 aliphatic rings. The summed E-state index contributed by atoms with van der Waals surface area (Å²) >= 11 is 5.77. The summed E-state index contributed by atoms with van der Waals surface area (Å²) in [6, 6.07) is 10.7. The van der Waals surface area contributed by atoms with Crippen LogP contribution in [0.2, 0.25) is 5.02 Å². The fourth-order valence-corrected chi connectivity index (χ4v) is 2.72. The van der Waals surface area contributed by atoms with Gasteiger partial charge in [-0.25, -0.2) is 0 Å². The summed E-state index contributed by atoms with van der Waals surface area (Å²) in [4.78, 5) is 50.3. The van der Waals surface area contributed by atoms with Gasteiger partial charge < -0.3 is 9.55 Å². The third-order valence-electron chi connectivity index (χ3n) is 3.95. The zero-order valence-electron chi connectivity index (χ0n) is 14.2. The number of aromatic nitrogens is 2. The second-order valence-corrected chi connectivity index (χ2v) is 6.09. The smallest absolute Gasteiger partial charge is 0.316 e. The monoisotopic (exact) mass is 386 g/mol. The van der Waals surface area contributed by atoms with Gasteiger partial charge in [0.25, 0.3) is 11.8 Å². The number of nitrogens with one attached hydrogen (secondary N) is 3. The van der Waals surface area contributed by atoms with Crippen LogP contribution < -0.4 is 22.0 Å². The molecular weight excluding hydrogens is 372 g/mol. The summed E-state index contributed by atoms with van der Waals surface area (Å²) in [5, 5.41) is 0.492. The normalized spacial score (nSPS) is 10.6. The quantitative estimate of drug-likeness (QED) is 0.467. The van der Waals surface area contributed by atoms with E-state index in [2.05, 4.69) is 15.8 Å². The first-order valence-electron chi connectivity index (χ1n) is 8.04. The Morgan fingerprint density at radius 2 is 1.59 bits per heavy atom. The molecule has 0 radical (unpaired) electrons. The second kappa shape index (κ2) is 7.46. The molecule has 0 aliphatic carbocycles. The maximum absolute atomic E-state index is 12.3. The first kappa shape index (κ1) is 18.4. The molecule has 3 rings (SSSR count). The van der Waals surface area contributed by atoms with Crippen LogP contribution >= 0.6 is 11.6 Å². The Balaban J connectivity index is 1.80.